The maximum absolute atomic E-state index is 11.6. The van der Waals surface area contributed by atoms with Crippen molar-refractivity contribution >= 4 is 18.4 Å². The van der Waals surface area contributed by atoms with Gasteiger partial charge in [-0.3, -0.25) is 9.59 Å². The molecular weight excluding hydrogens is 175 g/mol. The minimum absolute atomic E-state index is 0.130. The number of ketones is 1. The molecule has 0 radical (unpaired) electrons. The van der Waals surface area contributed by atoms with Crippen LogP contribution in [0, 0.1) is 0 Å². The number of hydrogen-bond acceptors (Lipinski definition) is 3. The Morgan fingerprint density at radius 3 is 2.50 bits per heavy atom. The topological polar surface area (TPSA) is 51.2 Å². The highest BCUT2D eigenvalue weighted by molar-refractivity contribution is 7.79. The van der Waals surface area contributed by atoms with E-state index in [1.807, 2.05) is 0 Å². The van der Waals surface area contributed by atoms with Gasteiger partial charge < -0.3 is 4.57 Å². The molecule has 0 amide bonds. The van der Waals surface area contributed by atoms with Crippen molar-refractivity contribution in [3.05, 3.63) is 0 Å². The maximum atomic E-state index is 11.6. The zero-order valence-electron chi connectivity index (χ0n) is 7.21. The van der Waals surface area contributed by atoms with Gasteiger partial charge in [-0.25, -0.2) is 0 Å². The Balaban J connectivity index is 2.71. The summed E-state index contributed by atoms with van der Waals surface area (Å²) in [6.07, 6.45) is 1.98. The first kappa shape index (κ1) is 9.66. The van der Waals surface area contributed by atoms with Crippen LogP contribution in [0.4, 0.5) is 0 Å². The van der Waals surface area contributed by atoms with Gasteiger partial charge in [-0.2, -0.15) is 0 Å². The van der Waals surface area contributed by atoms with Crippen LogP contribution in [0.1, 0.15) is 25.7 Å². The van der Waals surface area contributed by atoms with Crippen molar-refractivity contribution in [2.24, 2.45) is 0 Å². The van der Waals surface area contributed by atoms with E-state index in [0.29, 0.717) is 25.7 Å². The quantitative estimate of drug-likeness (QED) is 0.543. The van der Waals surface area contributed by atoms with Crippen molar-refractivity contribution in [1.29, 1.82) is 0 Å². The van der Waals surface area contributed by atoms with E-state index in [1.54, 1.807) is 0 Å². The fourth-order valence-corrected chi connectivity index (χ4v) is 2.82. The van der Waals surface area contributed by atoms with E-state index in [-0.39, 0.29) is 17.5 Å². The average molecular weight is 188 g/mol. The summed E-state index contributed by atoms with van der Waals surface area (Å²) in [5, 5.41) is 0. The second kappa shape index (κ2) is 3.53. The minimum Gasteiger partial charge on any atom is -0.316 e. The zero-order chi connectivity index (χ0) is 9.19. The number of rotatable bonds is 0. The molecule has 0 N–H and O–H groups in total. The van der Waals surface area contributed by atoms with Crippen molar-refractivity contribution in [2.75, 3.05) is 12.8 Å². The summed E-state index contributed by atoms with van der Waals surface area (Å²) in [5.74, 6) is 0.143. The highest BCUT2D eigenvalue weighted by Crippen LogP contribution is 2.45. The largest absolute Gasteiger partial charge is 0.316 e. The number of carbonyl (C=O) groups is 2. The Hall–Kier alpha value is -0.430. The van der Waals surface area contributed by atoms with Crippen LogP contribution in [0.3, 0.4) is 0 Å². The zero-order valence-corrected chi connectivity index (χ0v) is 8.10. The fourth-order valence-electron chi connectivity index (χ4n) is 1.26. The van der Waals surface area contributed by atoms with Gasteiger partial charge in [-0.1, -0.05) is 0 Å². The molecule has 0 aromatic carbocycles. The number of Topliss-reactive ketones (excluding diaryl/α,β-unsaturated/α-hetero) is 1. The molecular formula is C8H13O3P. The number of carbonyl (C=O) groups excluding carboxylic acids is 2. The summed E-state index contributed by atoms with van der Waals surface area (Å²) in [5.41, 5.74) is -0.130. The number of hydrogen-bond donors (Lipinski definition) is 0. The van der Waals surface area contributed by atoms with E-state index in [2.05, 4.69) is 0 Å². The highest BCUT2D eigenvalue weighted by atomic mass is 31.2. The van der Waals surface area contributed by atoms with Crippen LogP contribution in [0.5, 0.6) is 0 Å². The molecule has 3 nitrogen and oxygen atoms in total. The van der Waals surface area contributed by atoms with E-state index in [9.17, 15) is 14.2 Å². The normalized spacial score (nSPS) is 32.8. The molecule has 1 aliphatic heterocycles. The van der Waals surface area contributed by atoms with Gasteiger partial charge in [0.15, 0.2) is 5.52 Å². The molecule has 68 valence electrons. The van der Waals surface area contributed by atoms with Crippen LogP contribution in [-0.2, 0) is 14.2 Å². The smallest absolute Gasteiger partial charge is 0.191 e. The van der Waals surface area contributed by atoms with Gasteiger partial charge in [0.05, 0.1) is 0 Å². The summed E-state index contributed by atoms with van der Waals surface area (Å²) < 4.78 is 11.6. The first-order valence-corrected chi connectivity index (χ1v) is 6.48. The molecule has 1 aliphatic rings. The Morgan fingerprint density at radius 1 is 1.17 bits per heavy atom. The molecule has 0 spiro atoms. The van der Waals surface area contributed by atoms with Gasteiger partial charge in [0.25, 0.3) is 0 Å². The third kappa shape index (κ3) is 2.28. The Bertz CT molecular complexity index is 257. The van der Waals surface area contributed by atoms with Gasteiger partial charge >= 0.3 is 0 Å². The van der Waals surface area contributed by atoms with E-state index in [0.717, 1.165) is 0 Å². The van der Waals surface area contributed by atoms with E-state index in [4.69, 9.17) is 0 Å². The lowest BCUT2D eigenvalue weighted by molar-refractivity contribution is -0.119. The van der Waals surface area contributed by atoms with E-state index < -0.39 is 7.14 Å². The molecule has 1 atom stereocenters. The lowest BCUT2D eigenvalue weighted by atomic mass is 10.1. The van der Waals surface area contributed by atoms with Crippen LogP contribution >= 0.6 is 7.14 Å². The molecule has 0 aromatic heterocycles. The van der Waals surface area contributed by atoms with Gasteiger partial charge in [0.1, 0.15) is 12.9 Å². The lowest BCUT2D eigenvalue weighted by Gasteiger charge is -2.13. The van der Waals surface area contributed by atoms with Crippen molar-refractivity contribution < 1.29 is 14.2 Å². The van der Waals surface area contributed by atoms with Gasteiger partial charge in [-0.15, -0.1) is 0 Å². The SMILES string of the molecule is CP1(=O)CCC(=O)CCCC1=O. The monoisotopic (exact) mass is 188 g/mol. The summed E-state index contributed by atoms with van der Waals surface area (Å²) in [7, 11) is -2.65. The van der Waals surface area contributed by atoms with Crippen LogP contribution in [0.25, 0.3) is 0 Å². The second-order valence-corrected chi connectivity index (χ2v) is 6.51. The first-order chi connectivity index (χ1) is 5.52. The van der Waals surface area contributed by atoms with E-state index >= 15 is 0 Å². The van der Waals surface area contributed by atoms with Gasteiger partial charge in [-0.05, 0) is 13.1 Å². The summed E-state index contributed by atoms with van der Waals surface area (Å²) >= 11 is 0. The van der Waals surface area contributed by atoms with Gasteiger partial charge in [0, 0.05) is 25.4 Å². The molecule has 4 heteroatoms. The van der Waals surface area contributed by atoms with Crippen molar-refractivity contribution in [3.63, 3.8) is 0 Å². The molecule has 0 aromatic rings. The molecule has 1 heterocycles. The third-order valence-electron chi connectivity index (χ3n) is 2.19. The first-order valence-electron chi connectivity index (χ1n) is 4.14. The summed E-state index contributed by atoms with van der Waals surface area (Å²) in [4.78, 5) is 22.2. The maximum Gasteiger partial charge on any atom is 0.191 e. The van der Waals surface area contributed by atoms with Crippen LogP contribution < -0.4 is 0 Å². The standard InChI is InChI=1S/C8H13O3P/c1-12(11)6-5-7(9)3-2-4-8(12)10/h2-6H2,1H3. The summed E-state index contributed by atoms with van der Waals surface area (Å²) in [6, 6.07) is 0. The Morgan fingerprint density at radius 2 is 1.83 bits per heavy atom. The third-order valence-corrected chi connectivity index (χ3v) is 4.55. The predicted molar refractivity (Wildman–Crippen MR) is 46.9 cm³/mol. The highest BCUT2D eigenvalue weighted by Gasteiger charge is 2.27. The molecule has 1 rings (SSSR count). The van der Waals surface area contributed by atoms with Crippen LogP contribution in [0.2, 0.25) is 0 Å². The van der Waals surface area contributed by atoms with E-state index in [1.165, 1.54) is 6.66 Å². The molecule has 1 saturated heterocycles. The van der Waals surface area contributed by atoms with Crippen molar-refractivity contribution in [3.8, 4) is 0 Å². The molecule has 1 unspecified atom stereocenters. The average Bonchev–Trinajstić information content (AvgIpc) is 1.99. The predicted octanol–water partition coefficient (Wildman–Crippen LogP) is 1.65. The van der Waals surface area contributed by atoms with Crippen LogP contribution in [-0.4, -0.2) is 24.1 Å². The molecule has 12 heavy (non-hydrogen) atoms. The molecule has 0 saturated carbocycles. The molecule has 1 fully saturated rings. The van der Waals surface area contributed by atoms with Crippen LogP contribution in [0.15, 0.2) is 0 Å². The fraction of sp³-hybridized carbons (Fsp3) is 0.750. The van der Waals surface area contributed by atoms with Crippen molar-refractivity contribution in [1.82, 2.24) is 0 Å². The summed E-state index contributed by atoms with van der Waals surface area (Å²) in [6.45, 7) is 1.49. The van der Waals surface area contributed by atoms with Crippen molar-refractivity contribution in [2.45, 2.75) is 25.7 Å². The Labute approximate surface area is 71.9 Å². The lowest BCUT2D eigenvalue weighted by Crippen LogP contribution is -2.11. The molecule has 0 aliphatic carbocycles. The Kier molecular flexibility index (Phi) is 2.84. The minimum atomic E-state index is -2.65. The second-order valence-electron chi connectivity index (χ2n) is 3.36. The van der Waals surface area contributed by atoms with Gasteiger partial charge in [0.2, 0.25) is 0 Å². The molecule has 0 bridgehead atoms.